The number of likely N-dealkylation sites (tertiary alicyclic amines) is 1. The van der Waals surface area contributed by atoms with Crippen molar-refractivity contribution in [1.82, 2.24) is 20.4 Å². The number of amides is 1. The molecule has 5 nitrogen and oxygen atoms in total. The summed E-state index contributed by atoms with van der Waals surface area (Å²) in [6.07, 6.45) is 3.04. The van der Waals surface area contributed by atoms with Crippen LogP contribution in [0.25, 0.3) is 0 Å². The zero-order valence-corrected chi connectivity index (χ0v) is 14.5. The van der Waals surface area contributed by atoms with E-state index in [1.54, 1.807) is 0 Å². The largest absolute Gasteiger partial charge is 0.355 e. The van der Waals surface area contributed by atoms with Gasteiger partial charge in [0.05, 0.1) is 0 Å². The lowest BCUT2D eigenvalue weighted by molar-refractivity contribution is -0.121. The van der Waals surface area contributed by atoms with Gasteiger partial charge in [-0.25, -0.2) is 0 Å². The van der Waals surface area contributed by atoms with E-state index in [4.69, 9.17) is 0 Å². The molecule has 20 heavy (non-hydrogen) atoms. The summed E-state index contributed by atoms with van der Waals surface area (Å²) in [7, 11) is 6.17. The molecule has 0 saturated carbocycles. The van der Waals surface area contributed by atoms with E-state index >= 15 is 0 Å². The van der Waals surface area contributed by atoms with Crippen molar-refractivity contribution < 1.29 is 4.79 Å². The van der Waals surface area contributed by atoms with Gasteiger partial charge >= 0.3 is 0 Å². The maximum Gasteiger partial charge on any atom is 0.221 e. The highest BCUT2D eigenvalue weighted by Crippen LogP contribution is 2.13. The Kier molecular flexibility index (Phi) is 14.1. The molecule has 2 N–H and O–H groups in total. The minimum absolute atomic E-state index is 0. The van der Waals surface area contributed by atoms with E-state index in [0.29, 0.717) is 6.42 Å². The average Bonchev–Trinajstić information content (AvgIpc) is 2.37. The maximum atomic E-state index is 11.4. The summed E-state index contributed by atoms with van der Waals surface area (Å²) in [6.45, 7) is 4.80. The Morgan fingerprint density at radius 2 is 1.80 bits per heavy atom. The van der Waals surface area contributed by atoms with Gasteiger partial charge in [-0.15, -0.1) is 24.8 Å². The van der Waals surface area contributed by atoms with Crippen LogP contribution in [-0.2, 0) is 4.79 Å². The number of hydrogen-bond acceptors (Lipinski definition) is 4. The van der Waals surface area contributed by atoms with Gasteiger partial charge in [0.2, 0.25) is 5.91 Å². The zero-order valence-electron chi connectivity index (χ0n) is 12.9. The third-order valence-corrected chi connectivity index (χ3v) is 3.64. The van der Waals surface area contributed by atoms with Crippen LogP contribution in [0.4, 0.5) is 0 Å². The molecule has 0 unspecified atom stereocenters. The second kappa shape index (κ2) is 12.7. The van der Waals surface area contributed by atoms with E-state index in [2.05, 4.69) is 34.5 Å². The van der Waals surface area contributed by atoms with Gasteiger partial charge in [0.25, 0.3) is 0 Å². The van der Waals surface area contributed by atoms with Crippen molar-refractivity contribution in [2.75, 3.05) is 53.9 Å². The minimum Gasteiger partial charge on any atom is -0.355 e. The quantitative estimate of drug-likeness (QED) is 0.717. The Hall–Kier alpha value is -0.0700. The molecule has 0 radical (unpaired) electrons. The fourth-order valence-corrected chi connectivity index (χ4v) is 2.34. The van der Waals surface area contributed by atoms with Crippen LogP contribution in [0.15, 0.2) is 0 Å². The molecule has 0 spiro atoms. The van der Waals surface area contributed by atoms with Crippen molar-refractivity contribution in [2.45, 2.75) is 25.3 Å². The molecule has 1 aliphatic heterocycles. The van der Waals surface area contributed by atoms with Crippen LogP contribution in [0, 0.1) is 0 Å². The highest BCUT2D eigenvalue weighted by molar-refractivity contribution is 5.85. The van der Waals surface area contributed by atoms with Crippen LogP contribution in [0.1, 0.15) is 19.3 Å². The van der Waals surface area contributed by atoms with Crippen LogP contribution >= 0.6 is 24.8 Å². The molecule has 7 heteroatoms. The van der Waals surface area contributed by atoms with Gasteiger partial charge < -0.3 is 20.4 Å². The Morgan fingerprint density at radius 3 is 2.30 bits per heavy atom. The van der Waals surface area contributed by atoms with E-state index in [9.17, 15) is 4.79 Å². The lowest BCUT2D eigenvalue weighted by atomic mass is 10.0. The zero-order chi connectivity index (χ0) is 13.4. The fraction of sp³-hybridized carbons (Fsp3) is 0.923. The van der Waals surface area contributed by atoms with Gasteiger partial charge in [0, 0.05) is 32.1 Å². The van der Waals surface area contributed by atoms with Crippen molar-refractivity contribution in [3.05, 3.63) is 0 Å². The van der Waals surface area contributed by atoms with Gasteiger partial charge in [-0.3, -0.25) is 4.79 Å². The second-order valence-electron chi connectivity index (χ2n) is 5.24. The summed E-state index contributed by atoms with van der Waals surface area (Å²) in [6, 6.07) is 0.728. The third-order valence-electron chi connectivity index (χ3n) is 3.64. The summed E-state index contributed by atoms with van der Waals surface area (Å²) in [5, 5.41) is 5.95. The number of carbonyl (C=O) groups excluding carboxylic acids is 1. The summed E-state index contributed by atoms with van der Waals surface area (Å²) < 4.78 is 0. The second-order valence-corrected chi connectivity index (χ2v) is 5.24. The SMILES string of the molecule is CNCCC(=O)NCCN1CCC(N(C)C)CC1.Cl.Cl. The first kappa shape index (κ1) is 22.2. The molecule has 1 rings (SSSR count). The molecular formula is C13H30Cl2N4O. The maximum absolute atomic E-state index is 11.4. The summed E-state index contributed by atoms with van der Waals surface area (Å²) >= 11 is 0. The smallest absolute Gasteiger partial charge is 0.221 e. The van der Waals surface area contributed by atoms with Crippen LogP contribution < -0.4 is 10.6 Å². The predicted molar refractivity (Wildman–Crippen MR) is 89.2 cm³/mol. The standard InChI is InChI=1S/C13H28N4O.2ClH/c1-14-7-4-13(18)15-8-11-17-9-5-12(6-10-17)16(2)3;;/h12,14H,4-11H2,1-3H3,(H,15,18);2*1H. The molecule has 0 aliphatic carbocycles. The first-order valence-corrected chi connectivity index (χ1v) is 6.93. The normalized spacial score (nSPS) is 16.4. The third kappa shape index (κ3) is 8.97. The van der Waals surface area contributed by atoms with E-state index in [0.717, 1.165) is 38.8 Å². The lowest BCUT2D eigenvalue weighted by Gasteiger charge is -2.35. The Labute approximate surface area is 135 Å². The van der Waals surface area contributed by atoms with E-state index < -0.39 is 0 Å². The van der Waals surface area contributed by atoms with Crippen molar-refractivity contribution in [2.24, 2.45) is 0 Å². The molecule has 0 aromatic carbocycles. The molecule has 0 aromatic rings. The van der Waals surface area contributed by atoms with Crippen LogP contribution in [0.2, 0.25) is 0 Å². The molecule has 1 amide bonds. The highest BCUT2D eigenvalue weighted by Gasteiger charge is 2.19. The van der Waals surface area contributed by atoms with Gasteiger partial charge in [-0.2, -0.15) is 0 Å². The highest BCUT2D eigenvalue weighted by atomic mass is 35.5. The van der Waals surface area contributed by atoms with Crippen molar-refractivity contribution in [3.63, 3.8) is 0 Å². The average molecular weight is 329 g/mol. The van der Waals surface area contributed by atoms with Gasteiger partial charge in [0.1, 0.15) is 0 Å². The predicted octanol–water partition coefficient (Wildman–Crippen LogP) is 0.582. The van der Waals surface area contributed by atoms with Crippen molar-refractivity contribution in [3.8, 4) is 0 Å². The van der Waals surface area contributed by atoms with E-state index in [-0.39, 0.29) is 30.7 Å². The lowest BCUT2D eigenvalue weighted by Crippen LogP contribution is -2.44. The number of rotatable bonds is 7. The molecular weight excluding hydrogens is 299 g/mol. The number of piperidine rings is 1. The Balaban J connectivity index is 0. The van der Waals surface area contributed by atoms with Gasteiger partial charge in [-0.1, -0.05) is 0 Å². The Morgan fingerprint density at radius 1 is 1.20 bits per heavy atom. The topological polar surface area (TPSA) is 47.6 Å². The molecule has 122 valence electrons. The molecule has 0 atom stereocenters. The first-order valence-electron chi connectivity index (χ1n) is 6.93. The van der Waals surface area contributed by atoms with Crippen molar-refractivity contribution in [1.29, 1.82) is 0 Å². The minimum atomic E-state index is 0. The number of hydrogen-bond donors (Lipinski definition) is 2. The number of halogens is 2. The Bertz CT molecular complexity index is 247. The molecule has 1 saturated heterocycles. The number of nitrogens with one attached hydrogen (secondary N) is 2. The van der Waals surface area contributed by atoms with Crippen LogP contribution in [0.5, 0.6) is 0 Å². The van der Waals surface area contributed by atoms with Gasteiger partial charge in [-0.05, 0) is 47.1 Å². The fourth-order valence-electron chi connectivity index (χ4n) is 2.34. The van der Waals surface area contributed by atoms with Crippen molar-refractivity contribution >= 4 is 30.7 Å². The first-order chi connectivity index (χ1) is 8.63. The number of nitrogens with zero attached hydrogens (tertiary/aromatic N) is 2. The molecule has 0 bridgehead atoms. The molecule has 1 aliphatic rings. The van der Waals surface area contributed by atoms with E-state index in [1.807, 2.05) is 7.05 Å². The van der Waals surface area contributed by atoms with E-state index in [1.165, 1.54) is 12.8 Å². The van der Waals surface area contributed by atoms with Crippen LogP contribution in [0.3, 0.4) is 0 Å². The summed E-state index contributed by atoms with van der Waals surface area (Å²) in [4.78, 5) is 16.2. The summed E-state index contributed by atoms with van der Waals surface area (Å²) in [5.41, 5.74) is 0. The summed E-state index contributed by atoms with van der Waals surface area (Å²) in [5.74, 6) is 0.146. The van der Waals surface area contributed by atoms with Crippen LogP contribution in [-0.4, -0.2) is 75.6 Å². The molecule has 1 heterocycles. The monoisotopic (exact) mass is 328 g/mol. The molecule has 0 aromatic heterocycles. The van der Waals surface area contributed by atoms with Gasteiger partial charge in [0.15, 0.2) is 0 Å². The number of carbonyl (C=O) groups is 1. The molecule has 1 fully saturated rings.